The fourth-order valence-electron chi connectivity index (χ4n) is 4.53. The van der Waals surface area contributed by atoms with Crippen molar-refractivity contribution in [2.75, 3.05) is 6.61 Å². The number of aliphatic carboxylic acids is 1. The average molecular weight is 355 g/mol. The summed E-state index contributed by atoms with van der Waals surface area (Å²) in [4.78, 5) is 25.6. The van der Waals surface area contributed by atoms with E-state index in [0.717, 1.165) is 25.7 Å². The van der Waals surface area contributed by atoms with Crippen molar-refractivity contribution in [3.63, 3.8) is 0 Å². The summed E-state index contributed by atoms with van der Waals surface area (Å²) in [6, 6.07) is 0. The second kappa shape index (κ2) is 9.59. The fraction of sp³-hybridized carbons (Fsp3) is 0.905. The number of carbonyl (C=O) groups is 2. The highest BCUT2D eigenvalue weighted by atomic mass is 16.5. The van der Waals surface area contributed by atoms with E-state index >= 15 is 0 Å². The number of ether oxygens (including phenoxy) is 1. The molecule has 25 heavy (non-hydrogen) atoms. The molecule has 1 rings (SSSR count). The smallest absolute Gasteiger partial charge is 0.313 e. The van der Waals surface area contributed by atoms with Crippen molar-refractivity contribution in [3.05, 3.63) is 0 Å². The molecule has 0 heterocycles. The van der Waals surface area contributed by atoms with Gasteiger partial charge in [-0.1, -0.05) is 60.8 Å². The molecule has 0 amide bonds. The summed E-state index contributed by atoms with van der Waals surface area (Å²) in [7, 11) is 0. The zero-order chi connectivity index (χ0) is 19.2. The van der Waals surface area contributed by atoms with Gasteiger partial charge in [-0.25, -0.2) is 0 Å². The number of hydrogen-bond donors (Lipinski definition) is 1. The molecule has 0 aliphatic heterocycles. The Morgan fingerprint density at radius 1 is 1.00 bits per heavy atom. The van der Waals surface area contributed by atoms with Crippen LogP contribution in [0.25, 0.3) is 0 Å². The van der Waals surface area contributed by atoms with Crippen LogP contribution in [-0.2, 0) is 14.3 Å². The van der Waals surface area contributed by atoms with Gasteiger partial charge in [0, 0.05) is 0 Å². The van der Waals surface area contributed by atoms with E-state index in [9.17, 15) is 14.7 Å². The fourth-order valence-corrected chi connectivity index (χ4v) is 4.53. The lowest BCUT2D eigenvalue weighted by atomic mass is 9.58. The minimum atomic E-state index is -0.948. The summed E-state index contributed by atoms with van der Waals surface area (Å²) in [5.74, 6) is -1.32. The Morgan fingerprint density at radius 3 is 1.96 bits per heavy atom. The monoisotopic (exact) mass is 354 g/mol. The molecule has 1 N–H and O–H groups in total. The summed E-state index contributed by atoms with van der Waals surface area (Å²) in [5.41, 5.74) is -0.948. The molecule has 4 nitrogen and oxygen atoms in total. The van der Waals surface area contributed by atoms with E-state index in [4.69, 9.17) is 4.74 Å². The second-order valence-corrected chi connectivity index (χ2v) is 9.00. The highest BCUT2D eigenvalue weighted by Gasteiger charge is 2.55. The van der Waals surface area contributed by atoms with Crippen LogP contribution in [-0.4, -0.2) is 23.7 Å². The molecule has 1 aliphatic rings. The lowest BCUT2D eigenvalue weighted by Gasteiger charge is -2.45. The molecule has 4 heteroatoms. The topological polar surface area (TPSA) is 63.6 Å². The SMILES string of the molecule is CC(C)COC(=O)C(CC(C)C)(C(C)C)C(C(=O)O)C1CCCCC1. The van der Waals surface area contributed by atoms with Crippen molar-refractivity contribution in [3.8, 4) is 0 Å². The van der Waals surface area contributed by atoms with Crippen LogP contribution in [0.15, 0.2) is 0 Å². The first-order chi connectivity index (χ1) is 11.6. The average Bonchev–Trinajstić information content (AvgIpc) is 2.51. The van der Waals surface area contributed by atoms with Gasteiger partial charge in [0.25, 0.3) is 0 Å². The van der Waals surface area contributed by atoms with Gasteiger partial charge in [0.05, 0.1) is 17.9 Å². The summed E-state index contributed by atoms with van der Waals surface area (Å²) in [5, 5.41) is 10.1. The lowest BCUT2D eigenvalue weighted by Crippen LogP contribution is -2.51. The first-order valence-electron chi connectivity index (χ1n) is 10.0. The molecule has 2 unspecified atom stereocenters. The normalized spacial score (nSPS) is 19.9. The molecular formula is C21H38O4. The van der Waals surface area contributed by atoms with E-state index in [0.29, 0.717) is 13.0 Å². The lowest BCUT2D eigenvalue weighted by molar-refractivity contribution is -0.178. The van der Waals surface area contributed by atoms with E-state index in [-0.39, 0.29) is 29.6 Å². The van der Waals surface area contributed by atoms with Crippen LogP contribution in [0.2, 0.25) is 0 Å². The van der Waals surface area contributed by atoms with E-state index < -0.39 is 17.3 Å². The maximum absolute atomic E-state index is 13.2. The Hall–Kier alpha value is -1.06. The molecule has 0 aromatic heterocycles. The number of carboxylic acid groups (broad SMARTS) is 1. The van der Waals surface area contributed by atoms with Gasteiger partial charge in [0.2, 0.25) is 0 Å². The Kier molecular flexibility index (Phi) is 8.43. The number of carbonyl (C=O) groups excluding carboxylic acids is 1. The van der Waals surface area contributed by atoms with Gasteiger partial charge < -0.3 is 9.84 Å². The number of esters is 1. The highest BCUT2D eigenvalue weighted by molar-refractivity contribution is 5.85. The number of carboxylic acids is 1. The van der Waals surface area contributed by atoms with Crippen LogP contribution < -0.4 is 0 Å². The quantitative estimate of drug-likeness (QED) is 0.581. The van der Waals surface area contributed by atoms with E-state index in [1.807, 2.05) is 27.7 Å². The van der Waals surface area contributed by atoms with E-state index in [1.54, 1.807) is 0 Å². The standard InChI is InChI=1S/C21H38O4/c1-14(2)12-21(16(5)6,20(24)25-13-15(3)4)18(19(22)23)17-10-8-7-9-11-17/h14-18H,7-13H2,1-6H3,(H,22,23). The van der Waals surface area contributed by atoms with Gasteiger partial charge in [0.1, 0.15) is 0 Å². The zero-order valence-corrected chi connectivity index (χ0v) is 17.0. The molecule has 0 aromatic rings. The minimum absolute atomic E-state index is 0.0685. The molecule has 1 saturated carbocycles. The van der Waals surface area contributed by atoms with Gasteiger partial charge in [-0.3, -0.25) is 9.59 Å². The maximum atomic E-state index is 13.2. The molecule has 0 bridgehead atoms. The molecule has 1 fully saturated rings. The van der Waals surface area contributed by atoms with Crippen molar-refractivity contribution < 1.29 is 19.4 Å². The maximum Gasteiger partial charge on any atom is 0.313 e. The molecule has 0 saturated heterocycles. The third-order valence-corrected chi connectivity index (χ3v) is 5.65. The Morgan fingerprint density at radius 2 is 1.56 bits per heavy atom. The van der Waals surface area contributed by atoms with Crippen molar-refractivity contribution in [2.24, 2.45) is 35.0 Å². The second-order valence-electron chi connectivity index (χ2n) is 9.00. The van der Waals surface area contributed by atoms with Crippen LogP contribution in [0.5, 0.6) is 0 Å². The van der Waals surface area contributed by atoms with Crippen LogP contribution in [0.4, 0.5) is 0 Å². The molecule has 0 radical (unpaired) electrons. The molecule has 2 atom stereocenters. The van der Waals surface area contributed by atoms with Gasteiger partial charge in [0.15, 0.2) is 0 Å². The van der Waals surface area contributed by atoms with Crippen LogP contribution in [0.1, 0.15) is 80.1 Å². The van der Waals surface area contributed by atoms with Gasteiger partial charge in [-0.2, -0.15) is 0 Å². The molecule has 0 aromatic carbocycles. The molecule has 1 aliphatic carbocycles. The Labute approximate surface area is 153 Å². The summed E-state index contributed by atoms with van der Waals surface area (Å²) in [6.07, 6.45) is 5.66. The summed E-state index contributed by atoms with van der Waals surface area (Å²) >= 11 is 0. The van der Waals surface area contributed by atoms with Crippen LogP contribution in [0, 0.1) is 35.0 Å². The summed E-state index contributed by atoms with van der Waals surface area (Å²) < 4.78 is 5.65. The molecule has 146 valence electrons. The number of hydrogen-bond acceptors (Lipinski definition) is 3. The summed E-state index contributed by atoms with van der Waals surface area (Å²) in [6.45, 7) is 12.4. The third-order valence-electron chi connectivity index (χ3n) is 5.65. The minimum Gasteiger partial charge on any atom is -0.481 e. The van der Waals surface area contributed by atoms with Gasteiger partial charge in [-0.05, 0) is 42.9 Å². The Balaban J connectivity index is 3.31. The van der Waals surface area contributed by atoms with Crippen molar-refractivity contribution in [1.82, 2.24) is 0 Å². The van der Waals surface area contributed by atoms with Crippen molar-refractivity contribution in [1.29, 1.82) is 0 Å². The van der Waals surface area contributed by atoms with Crippen LogP contribution in [0.3, 0.4) is 0 Å². The highest BCUT2D eigenvalue weighted by Crippen LogP contribution is 2.49. The van der Waals surface area contributed by atoms with E-state index in [1.165, 1.54) is 6.42 Å². The molecule has 0 spiro atoms. The van der Waals surface area contributed by atoms with Gasteiger partial charge in [-0.15, -0.1) is 0 Å². The molecular weight excluding hydrogens is 316 g/mol. The van der Waals surface area contributed by atoms with Gasteiger partial charge >= 0.3 is 11.9 Å². The largest absolute Gasteiger partial charge is 0.481 e. The van der Waals surface area contributed by atoms with Crippen molar-refractivity contribution >= 4 is 11.9 Å². The van der Waals surface area contributed by atoms with Crippen LogP contribution >= 0.6 is 0 Å². The van der Waals surface area contributed by atoms with Crippen molar-refractivity contribution in [2.45, 2.75) is 80.1 Å². The number of rotatable bonds is 9. The first-order valence-corrected chi connectivity index (χ1v) is 10.0. The first kappa shape index (κ1) is 22.0. The predicted octanol–water partition coefficient (Wildman–Crippen LogP) is 5.16. The van der Waals surface area contributed by atoms with E-state index in [2.05, 4.69) is 13.8 Å². The zero-order valence-electron chi connectivity index (χ0n) is 17.0. The Bertz CT molecular complexity index is 435. The third kappa shape index (κ3) is 5.46. The predicted molar refractivity (Wildman–Crippen MR) is 100 cm³/mol.